The molecule has 4 heteroatoms. The van der Waals surface area contributed by atoms with Gasteiger partial charge in [0.25, 0.3) is 0 Å². The molecule has 0 aliphatic carbocycles. The lowest BCUT2D eigenvalue weighted by molar-refractivity contribution is 0.187. The van der Waals surface area contributed by atoms with E-state index in [0.29, 0.717) is 11.8 Å². The molecule has 2 aliphatic heterocycles. The number of aromatic nitrogens is 2. The topological polar surface area (TPSA) is 44.0 Å². The number of nitrogens with zero attached hydrogens (tertiary/aromatic N) is 2. The highest BCUT2D eigenvalue weighted by atomic mass is 15.1. The summed E-state index contributed by atoms with van der Waals surface area (Å²) < 4.78 is 0. The van der Waals surface area contributed by atoms with Gasteiger partial charge in [-0.05, 0) is 112 Å². The quantitative estimate of drug-likeness (QED) is 0.541. The molecule has 0 bridgehead atoms. The number of hydrogen-bond acceptors (Lipinski definition) is 3. The van der Waals surface area contributed by atoms with Gasteiger partial charge in [-0.3, -0.25) is 4.98 Å². The molecule has 0 amide bonds. The Morgan fingerprint density at radius 2 is 1.78 bits per heavy atom. The van der Waals surface area contributed by atoms with Crippen LogP contribution in [0.3, 0.4) is 0 Å². The Morgan fingerprint density at radius 1 is 1.03 bits per heavy atom. The molecular weight excluding hydrogens is 392 g/mol. The highest BCUT2D eigenvalue weighted by molar-refractivity contribution is 5.92. The van der Waals surface area contributed by atoms with Crippen molar-refractivity contribution in [1.29, 1.82) is 0 Å². The number of benzene rings is 1. The molecule has 170 valence electrons. The van der Waals surface area contributed by atoms with Crippen LogP contribution in [0.4, 0.5) is 0 Å². The van der Waals surface area contributed by atoms with Crippen molar-refractivity contribution >= 4 is 10.9 Å². The molecule has 2 aliphatic rings. The Kier molecular flexibility index (Phi) is 6.09. The Morgan fingerprint density at radius 3 is 2.44 bits per heavy atom. The summed E-state index contributed by atoms with van der Waals surface area (Å²) in [6, 6.07) is 11.6. The average molecular weight is 431 g/mol. The normalized spacial score (nSPS) is 20.6. The lowest BCUT2D eigenvalue weighted by Crippen LogP contribution is -2.37. The summed E-state index contributed by atoms with van der Waals surface area (Å²) in [4.78, 5) is 11.0. The van der Waals surface area contributed by atoms with Gasteiger partial charge in [-0.15, -0.1) is 0 Å². The van der Waals surface area contributed by atoms with Crippen LogP contribution in [0, 0.1) is 19.8 Å². The summed E-state index contributed by atoms with van der Waals surface area (Å²) in [5.41, 5.74) is 8.90. The van der Waals surface area contributed by atoms with Crippen LogP contribution in [0.5, 0.6) is 0 Å². The van der Waals surface area contributed by atoms with Gasteiger partial charge in [0.2, 0.25) is 0 Å². The summed E-state index contributed by atoms with van der Waals surface area (Å²) in [7, 11) is 0. The Labute approximate surface area is 192 Å². The number of likely N-dealkylation sites (tertiary alicyclic amines) is 1. The van der Waals surface area contributed by atoms with Crippen molar-refractivity contribution in [2.75, 3.05) is 32.7 Å². The largest absolute Gasteiger partial charge is 0.354 e. The van der Waals surface area contributed by atoms with Gasteiger partial charge >= 0.3 is 0 Å². The molecule has 0 saturated carbocycles. The maximum absolute atomic E-state index is 4.58. The van der Waals surface area contributed by atoms with Crippen LogP contribution in [0.25, 0.3) is 22.2 Å². The van der Waals surface area contributed by atoms with E-state index in [-0.39, 0.29) is 0 Å². The molecule has 0 radical (unpaired) electrons. The molecule has 3 aromatic rings. The molecular formula is C28H38N4. The monoisotopic (exact) mass is 430 g/mol. The fourth-order valence-corrected chi connectivity index (χ4v) is 5.97. The van der Waals surface area contributed by atoms with Gasteiger partial charge in [-0.1, -0.05) is 19.9 Å². The summed E-state index contributed by atoms with van der Waals surface area (Å²) in [6.45, 7) is 15.0. The number of nitrogens with one attached hydrogen (secondary N) is 2. The second kappa shape index (κ2) is 8.99. The van der Waals surface area contributed by atoms with Crippen molar-refractivity contribution in [3.8, 4) is 11.3 Å². The van der Waals surface area contributed by atoms with Gasteiger partial charge in [0, 0.05) is 34.4 Å². The Hall–Kier alpha value is -2.17. The van der Waals surface area contributed by atoms with E-state index in [1.807, 2.05) is 0 Å². The molecule has 2 fully saturated rings. The van der Waals surface area contributed by atoms with E-state index in [1.54, 1.807) is 0 Å². The van der Waals surface area contributed by atoms with Crippen LogP contribution >= 0.6 is 0 Å². The minimum absolute atomic E-state index is 0.463. The Bertz CT molecular complexity index is 1060. The fourth-order valence-electron chi connectivity index (χ4n) is 5.97. The standard InChI is InChI=1S/C28H38N4/c1-18(2)27-25-15-23(22-8-11-32(12-9-22)17-21-7-10-29-16-21)5-6-26(25)31-28(27)24-13-19(3)30-20(4)14-24/h5-6,13-15,18,21-22,29,31H,7-12,16-17H2,1-4H3. The van der Waals surface area contributed by atoms with E-state index < -0.39 is 0 Å². The zero-order valence-electron chi connectivity index (χ0n) is 20.2. The van der Waals surface area contributed by atoms with E-state index in [1.165, 1.54) is 85.3 Å². The van der Waals surface area contributed by atoms with E-state index in [4.69, 9.17) is 0 Å². The fraction of sp³-hybridized carbons (Fsp3) is 0.536. The summed E-state index contributed by atoms with van der Waals surface area (Å²) in [5.74, 6) is 2.00. The van der Waals surface area contributed by atoms with E-state index in [0.717, 1.165) is 17.3 Å². The van der Waals surface area contributed by atoms with Gasteiger partial charge < -0.3 is 15.2 Å². The minimum Gasteiger partial charge on any atom is -0.354 e. The smallest absolute Gasteiger partial charge is 0.0501 e. The van der Waals surface area contributed by atoms with Crippen LogP contribution in [0.15, 0.2) is 30.3 Å². The van der Waals surface area contributed by atoms with Crippen molar-refractivity contribution in [3.63, 3.8) is 0 Å². The van der Waals surface area contributed by atoms with Crippen molar-refractivity contribution in [1.82, 2.24) is 20.2 Å². The molecule has 2 N–H and O–H groups in total. The van der Waals surface area contributed by atoms with Gasteiger partial charge in [-0.25, -0.2) is 0 Å². The average Bonchev–Trinajstić information content (AvgIpc) is 3.40. The summed E-state index contributed by atoms with van der Waals surface area (Å²) in [5, 5.41) is 4.92. The van der Waals surface area contributed by atoms with Crippen LogP contribution in [-0.2, 0) is 0 Å². The molecule has 1 atom stereocenters. The van der Waals surface area contributed by atoms with Crippen molar-refractivity contribution < 1.29 is 0 Å². The number of H-pyrrole nitrogens is 1. The maximum Gasteiger partial charge on any atom is 0.0501 e. The van der Waals surface area contributed by atoms with Crippen LogP contribution < -0.4 is 5.32 Å². The van der Waals surface area contributed by atoms with Crippen molar-refractivity contribution in [2.45, 2.75) is 58.8 Å². The minimum atomic E-state index is 0.463. The summed E-state index contributed by atoms with van der Waals surface area (Å²) >= 11 is 0. The number of pyridine rings is 1. The first-order chi connectivity index (χ1) is 15.5. The predicted molar refractivity (Wildman–Crippen MR) is 134 cm³/mol. The first-order valence-corrected chi connectivity index (χ1v) is 12.5. The second-order valence-corrected chi connectivity index (χ2v) is 10.4. The Balaban J connectivity index is 1.40. The first-order valence-electron chi connectivity index (χ1n) is 12.5. The molecule has 1 unspecified atom stereocenters. The molecule has 4 nitrogen and oxygen atoms in total. The third-order valence-electron chi connectivity index (χ3n) is 7.55. The van der Waals surface area contributed by atoms with Gasteiger partial charge in [0.15, 0.2) is 0 Å². The molecule has 5 rings (SSSR count). The molecule has 1 aromatic carbocycles. The number of aromatic amines is 1. The zero-order chi connectivity index (χ0) is 22.2. The first kappa shape index (κ1) is 21.7. The van der Waals surface area contributed by atoms with E-state index in [9.17, 15) is 0 Å². The third kappa shape index (κ3) is 4.35. The molecule has 2 aromatic heterocycles. The van der Waals surface area contributed by atoms with Crippen molar-refractivity contribution in [2.24, 2.45) is 5.92 Å². The molecule has 0 spiro atoms. The van der Waals surface area contributed by atoms with Gasteiger partial charge in [0.1, 0.15) is 0 Å². The SMILES string of the molecule is Cc1cc(-c2[nH]c3ccc(C4CCN(CC5CCNC5)CC4)cc3c2C(C)C)cc(C)n1. The number of hydrogen-bond donors (Lipinski definition) is 2. The van der Waals surface area contributed by atoms with Gasteiger partial charge in [0.05, 0.1) is 5.69 Å². The number of fused-ring (bicyclic) bond motifs is 1. The number of aryl methyl sites for hydroxylation is 2. The van der Waals surface area contributed by atoms with Gasteiger partial charge in [-0.2, -0.15) is 0 Å². The predicted octanol–water partition coefficient (Wildman–Crippen LogP) is 5.76. The van der Waals surface area contributed by atoms with Crippen LogP contribution in [0.2, 0.25) is 0 Å². The lowest BCUT2D eigenvalue weighted by atomic mass is 9.87. The second-order valence-electron chi connectivity index (χ2n) is 10.4. The van der Waals surface area contributed by atoms with Crippen molar-refractivity contribution in [3.05, 3.63) is 52.8 Å². The highest BCUT2D eigenvalue weighted by Crippen LogP contribution is 2.38. The van der Waals surface area contributed by atoms with E-state index >= 15 is 0 Å². The maximum atomic E-state index is 4.58. The summed E-state index contributed by atoms with van der Waals surface area (Å²) in [6.07, 6.45) is 3.91. The molecule has 2 saturated heterocycles. The lowest BCUT2D eigenvalue weighted by Gasteiger charge is -2.33. The molecule has 4 heterocycles. The van der Waals surface area contributed by atoms with Crippen LogP contribution in [0.1, 0.15) is 67.5 Å². The highest BCUT2D eigenvalue weighted by Gasteiger charge is 2.25. The van der Waals surface area contributed by atoms with E-state index in [2.05, 4.69) is 78.2 Å². The van der Waals surface area contributed by atoms with Crippen LogP contribution in [-0.4, -0.2) is 47.6 Å². The third-order valence-corrected chi connectivity index (χ3v) is 7.55. The molecule has 32 heavy (non-hydrogen) atoms. The zero-order valence-corrected chi connectivity index (χ0v) is 20.2. The number of piperidine rings is 1. The number of rotatable bonds is 5.